The highest BCUT2D eigenvalue weighted by Crippen LogP contribution is 2.49. The van der Waals surface area contributed by atoms with Crippen LogP contribution in [0.3, 0.4) is 0 Å². The van der Waals surface area contributed by atoms with Gasteiger partial charge in [-0.1, -0.05) is 60.7 Å². The number of carbonyl (C=O) groups is 1. The van der Waals surface area contributed by atoms with Crippen molar-refractivity contribution in [1.29, 1.82) is 0 Å². The van der Waals surface area contributed by atoms with Crippen LogP contribution in [0.2, 0.25) is 0 Å². The van der Waals surface area contributed by atoms with E-state index in [4.69, 9.17) is 4.74 Å². The highest BCUT2D eigenvalue weighted by molar-refractivity contribution is 7.79. The minimum atomic E-state index is -3.74. The van der Waals surface area contributed by atoms with Crippen molar-refractivity contribution in [2.24, 2.45) is 0 Å². The first-order valence-electron chi connectivity index (χ1n) is 6.62. The molecule has 2 aromatic rings. The van der Waals surface area contributed by atoms with Gasteiger partial charge in [0.1, 0.15) is 0 Å². The van der Waals surface area contributed by atoms with E-state index < -0.39 is 19.0 Å². The van der Waals surface area contributed by atoms with Gasteiger partial charge in [0.2, 0.25) is 0 Å². The largest absolute Gasteiger partial charge is 0.463 e. The van der Waals surface area contributed by atoms with Crippen LogP contribution in [0.15, 0.2) is 60.7 Å². The van der Waals surface area contributed by atoms with Crippen LogP contribution in [0.4, 0.5) is 4.39 Å². The molecule has 1 atom stereocenters. The zero-order chi connectivity index (χ0) is 15.3. The van der Waals surface area contributed by atoms with Crippen LogP contribution in [0.25, 0.3) is 0 Å². The van der Waals surface area contributed by atoms with Crippen LogP contribution in [-0.2, 0) is 14.1 Å². The molecule has 0 heterocycles. The van der Waals surface area contributed by atoms with Gasteiger partial charge in [0.15, 0.2) is 7.14 Å². The normalized spacial score (nSPS) is 12.7. The van der Waals surface area contributed by atoms with Gasteiger partial charge in [0.05, 0.1) is 6.61 Å². The predicted octanol–water partition coefficient (Wildman–Crippen LogP) is 2.86. The summed E-state index contributed by atoms with van der Waals surface area (Å²) in [6.45, 7) is 1.63. The summed E-state index contributed by atoms with van der Waals surface area (Å²) in [6, 6.07) is 16.4. The van der Waals surface area contributed by atoms with E-state index in [2.05, 4.69) is 0 Å². The Kier molecular flexibility index (Phi) is 4.92. The van der Waals surface area contributed by atoms with Gasteiger partial charge in [-0.05, 0) is 6.92 Å². The van der Waals surface area contributed by atoms with Crippen molar-refractivity contribution in [1.82, 2.24) is 0 Å². The summed E-state index contributed by atoms with van der Waals surface area (Å²) in [6.07, 6.45) is 0. The molecule has 110 valence electrons. The Morgan fingerprint density at radius 2 is 1.48 bits per heavy atom. The van der Waals surface area contributed by atoms with E-state index in [0.717, 1.165) is 0 Å². The van der Waals surface area contributed by atoms with Crippen molar-refractivity contribution in [3.63, 3.8) is 0 Å². The van der Waals surface area contributed by atoms with Crippen molar-refractivity contribution in [3.05, 3.63) is 60.7 Å². The van der Waals surface area contributed by atoms with E-state index in [0.29, 0.717) is 10.6 Å². The molecule has 21 heavy (non-hydrogen) atoms. The maximum atomic E-state index is 14.7. The van der Waals surface area contributed by atoms with E-state index in [-0.39, 0.29) is 6.61 Å². The fraction of sp³-hybridized carbons (Fsp3) is 0.188. The second-order valence-corrected chi connectivity index (χ2v) is 7.22. The number of hydrogen-bond acceptors (Lipinski definition) is 3. The number of rotatable bonds is 5. The van der Waals surface area contributed by atoms with Crippen molar-refractivity contribution in [2.45, 2.75) is 12.8 Å². The van der Waals surface area contributed by atoms with E-state index in [9.17, 15) is 13.8 Å². The van der Waals surface area contributed by atoms with Crippen LogP contribution in [0.1, 0.15) is 6.92 Å². The number of halogens is 1. The number of esters is 1. The van der Waals surface area contributed by atoms with Crippen molar-refractivity contribution in [2.75, 3.05) is 6.61 Å². The first-order valence-corrected chi connectivity index (χ1v) is 8.40. The monoisotopic (exact) mass is 306 g/mol. The third-order valence-corrected chi connectivity index (χ3v) is 6.06. The summed E-state index contributed by atoms with van der Waals surface area (Å²) >= 11 is 0. The van der Waals surface area contributed by atoms with Gasteiger partial charge in [-0.2, -0.15) is 0 Å². The summed E-state index contributed by atoms with van der Waals surface area (Å²) in [7, 11) is -3.74. The lowest BCUT2D eigenvalue weighted by atomic mass is 10.4. The lowest BCUT2D eigenvalue weighted by Crippen LogP contribution is -2.30. The Labute approximate surface area is 123 Å². The smallest absolute Gasteiger partial charge is 0.349 e. The quantitative estimate of drug-likeness (QED) is 0.630. The second-order valence-electron chi connectivity index (χ2n) is 4.42. The first-order chi connectivity index (χ1) is 10.1. The van der Waals surface area contributed by atoms with Gasteiger partial charge < -0.3 is 9.30 Å². The average molecular weight is 306 g/mol. The first kappa shape index (κ1) is 15.5. The van der Waals surface area contributed by atoms with Gasteiger partial charge in [-0.3, -0.25) is 0 Å². The minimum absolute atomic E-state index is 0.0445. The summed E-state index contributed by atoms with van der Waals surface area (Å²) < 4.78 is 32.7. The fourth-order valence-electron chi connectivity index (χ4n) is 2.07. The lowest BCUT2D eigenvalue weighted by molar-refractivity contribution is -0.145. The van der Waals surface area contributed by atoms with Crippen LogP contribution < -0.4 is 10.6 Å². The topological polar surface area (TPSA) is 43.4 Å². The van der Waals surface area contributed by atoms with Gasteiger partial charge in [0, 0.05) is 10.6 Å². The number of hydrogen-bond donors (Lipinski definition) is 0. The molecule has 2 aromatic carbocycles. The van der Waals surface area contributed by atoms with Crippen molar-refractivity contribution in [3.8, 4) is 0 Å². The maximum Gasteiger partial charge on any atom is 0.349 e. The number of alkyl halides is 1. The molecule has 0 aliphatic carbocycles. The number of benzene rings is 2. The maximum absolute atomic E-state index is 14.7. The molecule has 0 aliphatic rings. The van der Waals surface area contributed by atoms with Crippen LogP contribution in [0.5, 0.6) is 0 Å². The zero-order valence-electron chi connectivity index (χ0n) is 11.6. The standard InChI is InChI=1S/C16H16FO3P/c1-2-20-16(18)15(17)21(19,13-9-5-3-6-10-13)14-11-7-4-8-12-14/h3-12,15H,2H2,1H3/t15-/m1/s1. The van der Waals surface area contributed by atoms with E-state index in [1.807, 2.05) is 0 Å². The highest BCUT2D eigenvalue weighted by Gasteiger charge is 2.42. The molecule has 2 rings (SSSR count). The average Bonchev–Trinajstić information content (AvgIpc) is 2.55. The number of ether oxygens (including phenoxy) is 1. The molecule has 0 aliphatic heterocycles. The third kappa shape index (κ3) is 3.06. The molecule has 0 radical (unpaired) electrons. The Morgan fingerprint density at radius 1 is 1.05 bits per heavy atom. The summed E-state index contributed by atoms with van der Waals surface area (Å²) in [5.41, 5.74) is 0. The van der Waals surface area contributed by atoms with Crippen molar-refractivity contribution >= 4 is 23.7 Å². The Morgan fingerprint density at radius 3 is 1.86 bits per heavy atom. The van der Waals surface area contributed by atoms with Crippen molar-refractivity contribution < 1.29 is 18.5 Å². The predicted molar refractivity (Wildman–Crippen MR) is 81.3 cm³/mol. The van der Waals surface area contributed by atoms with Gasteiger partial charge in [-0.15, -0.1) is 0 Å². The lowest BCUT2D eigenvalue weighted by Gasteiger charge is -2.21. The molecule has 0 bridgehead atoms. The molecule has 0 aromatic heterocycles. The fourth-order valence-corrected chi connectivity index (χ4v) is 4.49. The van der Waals surface area contributed by atoms with Crippen LogP contribution in [-0.4, -0.2) is 18.5 Å². The van der Waals surface area contributed by atoms with Gasteiger partial charge >= 0.3 is 5.97 Å². The third-order valence-electron chi connectivity index (χ3n) is 3.08. The van der Waals surface area contributed by atoms with E-state index in [1.54, 1.807) is 67.6 Å². The van der Waals surface area contributed by atoms with E-state index >= 15 is 0 Å². The zero-order valence-corrected chi connectivity index (χ0v) is 12.5. The Hall–Kier alpha value is -1.93. The molecule has 0 unspecified atom stereocenters. The Bertz CT molecular complexity index is 600. The molecule has 0 amide bonds. The number of carbonyl (C=O) groups excluding carboxylic acids is 1. The van der Waals surface area contributed by atoms with E-state index in [1.165, 1.54) is 0 Å². The molecule has 0 spiro atoms. The molecule has 0 fully saturated rings. The molecular formula is C16H16FO3P. The summed E-state index contributed by atoms with van der Waals surface area (Å²) in [5.74, 6) is -3.30. The highest BCUT2D eigenvalue weighted by atomic mass is 31.2. The summed E-state index contributed by atoms with van der Waals surface area (Å²) in [4.78, 5) is 11.8. The van der Waals surface area contributed by atoms with Gasteiger partial charge in [0.25, 0.3) is 5.91 Å². The summed E-state index contributed by atoms with van der Waals surface area (Å²) in [5, 5.41) is 0.605. The van der Waals surface area contributed by atoms with Crippen LogP contribution in [0, 0.1) is 0 Å². The molecule has 3 nitrogen and oxygen atoms in total. The molecule has 0 saturated carbocycles. The molecular weight excluding hydrogens is 290 g/mol. The molecule has 0 N–H and O–H groups in total. The van der Waals surface area contributed by atoms with Crippen LogP contribution >= 0.6 is 7.14 Å². The SMILES string of the molecule is CCOC(=O)[C@H](F)P(=O)(c1ccccc1)c1ccccc1. The minimum Gasteiger partial charge on any atom is -0.463 e. The molecule has 0 saturated heterocycles. The van der Waals surface area contributed by atoms with Gasteiger partial charge in [-0.25, -0.2) is 9.18 Å². The molecule has 5 heteroatoms. The second kappa shape index (κ2) is 6.68. The Balaban J connectivity index is 2.55.